The van der Waals surface area contributed by atoms with Gasteiger partial charge in [-0.05, 0) is 19.4 Å². The maximum atomic E-state index is 11.4. The molecule has 14 heavy (non-hydrogen) atoms. The molecule has 0 bridgehead atoms. The summed E-state index contributed by atoms with van der Waals surface area (Å²) in [6.07, 6.45) is 0. The van der Waals surface area contributed by atoms with Crippen LogP contribution in [0.2, 0.25) is 0 Å². The number of esters is 1. The highest BCUT2D eigenvalue weighted by Crippen LogP contribution is 2.12. The fourth-order valence-corrected chi connectivity index (χ4v) is 1.03. The number of carbonyl (C=O) groups is 1. The number of rotatable bonds is 3. The fourth-order valence-electron chi connectivity index (χ4n) is 1.03. The van der Waals surface area contributed by atoms with Crippen LogP contribution in [0.5, 0.6) is 5.88 Å². The third kappa shape index (κ3) is 2.22. The summed E-state index contributed by atoms with van der Waals surface area (Å²) >= 11 is 0. The maximum absolute atomic E-state index is 11.4. The Balaban J connectivity index is 2.99. The minimum atomic E-state index is -0.413. The molecule has 1 aromatic rings. The Bertz CT molecular complexity index is 336. The normalized spacial score (nSPS) is 9.64. The second-order valence-electron chi connectivity index (χ2n) is 2.74. The molecule has 0 saturated carbocycles. The van der Waals surface area contributed by atoms with E-state index < -0.39 is 5.97 Å². The second kappa shape index (κ2) is 4.60. The van der Waals surface area contributed by atoms with Crippen LogP contribution in [0.4, 0.5) is 0 Å². The molecule has 1 aromatic heterocycles. The van der Waals surface area contributed by atoms with E-state index in [1.807, 2.05) is 0 Å². The molecule has 0 aromatic carbocycles. The van der Waals surface area contributed by atoms with Gasteiger partial charge in [0, 0.05) is 6.07 Å². The summed E-state index contributed by atoms with van der Waals surface area (Å²) < 4.78 is 9.77. The Morgan fingerprint density at radius 2 is 2.21 bits per heavy atom. The van der Waals surface area contributed by atoms with E-state index in [4.69, 9.17) is 9.47 Å². The highest BCUT2D eigenvalue weighted by molar-refractivity contribution is 5.88. The van der Waals surface area contributed by atoms with Gasteiger partial charge >= 0.3 is 5.97 Å². The number of ether oxygens (including phenoxy) is 2. The molecule has 0 fully saturated rings. The summed E-state index contributed by atoms with van der Waals surface area (Å²) in [7, 11) is 1.51. The van der Waals surface area contributed by atoms with E-state index in [0.29, 0.717) is 18.2 Å². The number of hydrogen-bond donors (Lipinski definition) is 0. The van der Waals surface area contributed by atoms with Gasteiger partial charge in [0.25, 0.3) is 0 Å². The summed E-state index contributed by atoms with van der Waals surface area (Å²) in [5.74, 6) is 0.00236. The molecule has 0 aliphatic carbocycles. The number of nitrogens with zero attached hydrogens (tertiary/aromatic N) is 1. The van der Waals surface area contributed by atoms with Crippen LogP contribution in [0.3, 0.4) is 0 Å². The number of carbonyl (C=O) groups excluding carboxylic acids is 1. The highest BCUT2D eigenvalue weighted by atomic mass is 16.5. The Hall–Kier alpha value is -1.58. The van der Waals surface area contributed by atoms with Crippen molar-refractivity contribution in [2.45, 2.75) is 13.8 Å². The smallest absolute Gasteiger partial charge is 0.357 e. The average Bonchev–Trinajstić information content (AvgIpc) is 2.19. The molecule has 0 N–H and O–H groups in total. The highest BCUT2D eigenvalue weighted by Gasteiger charge is 2.12. The maximum Gasteiger partial charge on any atom is 0.357 e. The van der Waals surface area contributed by atoms with Gasteiger partial charge in [0.2, 0.25) is 5.88 Å². The minimum Gasteiger partial charge on any atom is -0.481 e. The summed E-state index contributed by atoms with van der Waals surface area (Å²) in [6, 6.07) is 3.48. The molecule has 4 nitrogen and oxygen atoms in total. The Morgan fingerprint density at radius 3 is 2.79 bits per heavy atom. The first-order valence-electron chi connectivity index (χ1n) is 4.37. The van der Waals surface area contributed by atoms with Crippen LogP contribution in [0, 0.1) is 6.92 Å². The van der Waals surface area contributed by atoms with E-state index >= 15 is 0 Å². The molecular weight excluding hydrogens is 182 g/mol. The van der Waals surface area contributed by atoms with Crippen LogP contribution in [0.15, 0.2) is 12.1 Å². The topological polar surface area (TPSA) is 48.4 Å². The zero-order valence-electron chi connectivity index (χ0n) is 8.53. The molecule has 1 heterocycles. The molecule has 0 saturated heterocycles. The molecule has 0 unspecified atom stereocenters. The van der Waals surface area contributed by atoms with E-state index in [-0.39, 0.29) is 0 Å². The summed E-state index contributed by atoms with van der Waals surface area (Å²) in [5.41, 5.74) is 1.09. The van der Waals surface area contributed by atoms with Crippen molar-refractivity contribution in [3.8, 4) is 5.88 Å². The molecule has 0 radical (unpaired) electrons. The molecule has 4 heteroatoms. The summed E-state index contributed by atoms with van der Waals surface area (Å²) in [5, 5.41) is 0. The second-order valence-corrected chi connectivity index (χ2v) is 2.74. The van der Waals surface area contributed by atoms with Crippen molar-refractivity contribution in [3.05, 3.63) is 23.4 Å². The fraction of sp³-hybridized carbons (Fsp3) is 0.400. The molecule has 1 rings (SSSR count). The van der Waals surface area contributed by atoms with Gasteiger partial charge in [0.1, 0.15) is 0 Å². The third-order valence-electron chi connectivity index (χ3n) is 1.75. The molecule has 76 valence electrons. The average molecular weight is 195 g/mol. The Kier molecular flexibility index (Phi) is 3.45. The van der Waals surface area contributed by atoms with Crippen LogP contribution in [-0.2, 0) is 4.74 Å². The minimum absolute atomic E-state index is 0.311. The lowest BCUT2D eigenvalue weighted by Crippen LogP contribution is -2.09. The van der Waals surface area contributed by atoms with Crippen molar-refractivity contribution in [2.75, 3.05) is 13.7 Å². The van der Waals surface area contributed by atoms with Gasteiger partial charge in [0.15, 0.2) is 5.69 Å². The van der Waals surface area contributed by atoms with Gasteiger partial charge in [-0.1, -0.05) is 6.07 Å². The zero-order valence-corrected chi connectivity index (χ0v) is 8.53. The standard InChI is InChI=1S/C10H13NO3/c1-4-14-10(12)9-7(2)5-6-8(11-9)13-3/h5-6H,4H2,1-3H3. The summed E-state index contributed by atoms with van der Waals surface area (Å²) in [6.45, 7) is 3.91. The monoisotopic (exact) mass is 195 g/mol. The molecule has 0 aliphatic rings. The van der Waals surface area contributed by atoms with Crippen LogP contribution >= 0.6 is 0 Å². The van der Waals surface area contributed by atoms with Crippen molar-refractivity contribution in [3.63, 3.8) is 0 Å². The van der Waals surface area contributed by atoms with Crippen LogP contribution in [0.25, 0.3) is 0 Å². The first kappa shape index (κ1) is 10.5. The lowest BCUT2D eigenvalue weighted by Gasteiger charge is -2.05. The van der Waals surface area contributed by atoms with Gasteiger partial charge in [-0.15, -0.1) is 0 Å². The number of methoxy groups -OCH3 is 1. The first-order chi connectivity index (χ1) is 6.69. The van der Waals surface area contributed by atoms with Crippen molar-refractivity contribution in [1.82, 2.24) is 4.98 Å². The van der Waals surface area contributed by atoms with Crippen molar-refractivity contribution >= 4 is 5.97 Å². The molecule has 0 atom stereocenters. The Labute approximate surface area is 82.9 Å². The summed E-state index contributed by atoms with van der Waals surface area (Å²) in [4.78, 5) is 15.4. The predicted octanol–water partition coefficient (Wildman–Crippen LogP) is 1.58. The quantitative estimate of drug-likeness (QED) is 0.687. The molecule has 0 aliphatic heterocycles. The van der Waals surface area contributed by atoms with E-state index in [0.717, 1.165) is 5.56 Å². The van der Waals surface area contributed by atoms with Gasteiger partial charge in [-0.3, -0.25) is 0 Å². The lowest BCUT2D eigenvalue weighted by molar-refractivity contribution is 0.0517. The Morgan fingerprint density at radius 1 is 1.50 bits per heavy atom. The first-order valence-corrected chi connectivity index (χ1v) is 4.37. The van der Waals surface area contributed by atoms with Crippen molar-refractivity contribution in [1.29, 1.82) is 0 Å². The number of pyridine rings is 1. The van der Waals surface area contributed by atoms with Gasteiger partial charge in [-0.25, -0.2) is 9.78 Å². The van der Waals surface area contributed by atoms with Gasteiger partial charge in [-0.2, -0.15) is 0 Å². The van der Waals surface area contributed by atoms with Crippen LogP contribution in [-0.4, -0.2) is 24.7 Å². The third-order valence-corrected chi connectivity index (χ3v) is 1.75. The number of aromatic nitrogens is 1. The van der Waals surface area contributed by atoms with E-state index in [2.05, 4.69) is 4.98 Å². The van der Waals surface area contributed by atoms with Gasteiger partial charge in [0.05, 0.1) is 13.7 Å². The molecule has 0 amide bonds. The van der Waals surface area contributed by atoms with E-state index in [1.54, 1.807) is 26.0 Å². The number of hydrogen-bond acceptors (Lipinski definition) is 4. The molecular formula is C10H13NO3. The van der Waals surface area contributed by atoms with Crippen LogP contribution in [0.1, 0.15) is 23.0 Å². The largest absolute Gasteiger partial charge is 0.481 e. The van der Waals surface area contributed by atoms with E-state index in [1.165, 1.54) is 7.11 Å². The van der Waals surface area contributed by atoms with Crippen molar-refractivity contribution < 1.29 is 14.3 Å². The lowest BCUT2D eigenvalue weighted by atomic mass is 10.2. The van der Waals surface area contributed by atoms with Crippen LogP contribution < -0.4 is 4.74 Å². The zero-order chi connectivity index (χ0) is 10.6. The predicted molar refractivity (Wildman–Crippen MR) is 51.5 cm³/mol. The SMILES string of the molecule is CCOC(=O)c1nc(OC)ccc1C. The number of aryl methyl sites for hydroxylation is 1. The van der Waals surface area contributed by atoms with Crippen molar-refractivity contribution in [2.24, 2.45) is 0 Å². The molecule has 0 spiro atoms. The van der Waals surface area contributed by atoms with Gasteiger partial charge < -0.3 is 9.47 Å². The van der Waals surface area contributed by atoms with E-state index in [9.17, 15) is 4.79 Å².